The molecule has 0 heterocycles. The average molecular weight is 187 g/mol. The molecule has 6 heteroatoms. The van der Waals surface area contributed by atoms with Gasteiger partial charge in [-0.3, -0.25) is 4.70 Å². The first-order valence-corrected chi connectivity index (χ1v) is 0. The van der Waals surface area contributed by atoms with E-state index in [9.17, 15) is 0 Å². The molecule has 0 N–H and O–H groups in total. The van der Waals surface area contributed by atoms with E-state index in [0.717, 1.165) is 0 Å². The Morgan fingerprint density at radius 2 is 1.00 bits per heavy atom. The third-order valence-electron chi connectivity index (χ3n) is 0. The molecule has 0 fully saturated rings. The second kappa shape index (κ2) is 37.8. The summed E-state index contributed by atoms with van der Waals surface area (Å²) in [6, 6.07) is 0. The quantitative estimate of drug-likeness (QED) is 0.331. The van der Waals surface area contributed by atoms with Gasteiger partial charge in [0, 0.05) is 0 Å². The molecule has 0 aromatic carbocycles. The third-order valence-corrected chi connectivity index (χ3v) is 0. The molecule has 0 aliphatic carbocycles. The number of rotatable bonds is 0. The van der Waals surface area contributed by atoms with E-state index < -0.39 is 0 Å². The summed E-state index contributed by atoms with van der Waals surface area (Å²) in [5.41, 5.74) is 0. The van der Waals surface area contributed by atoms with Crippen molar-refractivity contribution in [2.75, 3.05) is 0 Å². The van der Waals surface area contributed by atoms with Gasteiger partial charge in [0.1, 0.15) is 0 Å². The number of halogens is 3. The standard InChI is InChI=1S/Al.2ClH.FH.K.Na.5H/h;3*1H;;;;;;;/q;;;;2*+1;;;;2*-1. The van der Waals surface area contributed by atoms with Crippen molar-refractivity contribution in [2.45, 2.75) is 0 Å². The summed E-state index contributed by atoms with van der Waals surface area (Å²) in [5, 5.41) is 0. The summed E-state index contributed by atoms with van der Waals surface area (Å²) in [6.07, 6.45) is 0. The zero-order chi connectivity index (χ0) is 0. The Kier molecular flexibility index (Phi) is 339. The zero-order valence-electron chi connectivity index (χ0n) is 5.22. The molecule has 6 heavy (non-hydrogen) atoms. The van der Waals surface area contributed by atoms with Crippen molar-refractivity contribution in [3.8, 4) is 0 Å². The Bertz CT molecular complexity index is 20.0. The van der Waals surface area contributed by atoms with E-state index in [0.29, 0.717) is 0 Å². The van der Waals surface area contributed by atoms with E-state index in [4.69, 9.17) is 0 Å². The minimum absolute atomic E-state index is 0. The molecular weight excluding hydrogens is 179 g/mol. The molecule has 0 saturated heterocycles. The smallest absolute Gasteiger partial charge is 1.00 e. The van der Waals surface area contributed by atoms with E-state index in [1.54, 1.807) is 0 Å². The fourth-order valence-corrected chi connectivity index (χ4v) is 0. The van der Waals surface area contributed by atoms with Crippen LogP contribution in [-0.4, -0.2) is 17.4 Å². The molecule has 0 unspecified atom stereocenters. The third kappa shape index (κ3) is 25.3. The van der Waals surface area contributed by atoms with Crippen LogP contribution >= 0.6 is 24.8 Å². The summed E-state index contributed by atoms with van der Waals surface area (Å²) in [6.45, 7) is 0. The molecule has 0 rings (SSSR count). The Labute approximate surface area is 128 Å². The van der Waals surface area contributed by atoms with Crippen molar-refractivity contribution >= 4 is 42.2 Å². The molecular formula is H8AlCl2FKNa. The first-order valence-electron chi connectivity index (χ1n) is 0. The summed E-state index contributed by atoms with van der Waals surface area (Å²) >= 11 is 0. The maximum absolute atomic E-state index is 0. The van der Waals surface area contributed by atoms with Crippen LogP contribution in [0.4, 0.5) is 4.70 Å². The number of hydrogen-bond donors (Lipinski definition) is 0. The van der Waals surface area contributed by atoms with Gasteiger partial charge in [-0.15, -0.1) is 24.8 Å². The normalized spacial score (nSPS) is 0. The Balaban J connectivity index is 0. The summed E-state index contributed by atoms with van der Waals surface area (Å²) < 4.78 is 0. The van der Waals surface area contributed by atoms with Gasteiger partial charge in [-0.2, -0.15) is 0 Å². The van der Waals surface area contributed by atoms with Crippen molar-refractivity contribution < 1.29 is 88.5 Å². The molecule has 0 amide bonds. The Morgan fingerprint density at radius 1 is 1.00 bits per heavy atom. The van der Waals surface area contributed by atoms with Gasteiger partial charge < -0.3 is 2.85 Å². The van der Waals surface area contributed by atoms with Crippen molar-refractivity contribution in [2.24, 2.45) is 0 Å². The second-order valence-electron chi connectivity index (χ2n) is 0. The van der Waals surface area contributed by atoms with Crippen LogP contribution in [-0.2, 0) is 0 Å². The van der Waals surface area contributed by atoms with Crippen molar-refractivity contribution in [3.05, 3.63) is 0 Å². The minimum Gasteiger partial charge on any atom is -1.00 e. The van der Waals surface area contributed by atoms with Crippen molar-refractivity contribution in [1.82, 2.24) is 0 Å². The van der Waals surface area contributed by atoms with Gasteiger partial charge in [-0.25, -0.2) is 0 Å². The predicted molar refractivity (Wildman–Crippen MR) is 29.2 cm³/mol. The summed E-state index contributed by atoms with van der Waals surface area (Å²) in [5.74, 6) is 0. The van der Waals surface area contributed by atoms with Crippen LogP contribution in [0.3, 0.4) is 0 Å². The van der Waals surface area contributed by atoms with E-state index in [1.165, 1.54) is 0 Å². The summed E-state index contributed by atoms with van der Waals surface area (Å²) in [7, 11) is 0. The number of hydrogen-bond acceptors (Lipinski definition) is 0. The Hall–Kier alpha value is 3.68. The van der Waals surface area contributed by atoms with Crippen LogP contribution in [0.5, 0.6) is 0 Å². The molecule has 0 aromatic heterocycles. The largest absolute Gasteiger partial charge is 1.00 e. The van der Waals surface area contributed by atoms with Gasteiger partial charge in [0.15, 0.2) is 17.4 Å². The SMILES string of the molecule is Cl.Cl.F.[AlH3].[H-].[H-].[K+].[Na+]. The zero-order valence-corrected chi connectivity index (χ0v) is 9.98. The van der Waals surface area contributed by atoms with Gasteiger partial charge >= 0.3 is 80.9 Å². The summed E-state index contributed by atoms with van der Waals surface area (Å²) in [4.78, 5) is 0. The molecule has 0 atom stereocenters. The van der Waals surface area contributed by atoms with Crippen LogP contribution in [0, 0.1) is 0 Å². The maximum Gasteiger partial charge on any atom is 1.00 e. The van der Waals surface area contributed by atoms with Crippen molar-refractivity contribution in [1.29, 1.82) is 0 Å². The molecule has 0 aromatic rings. The average Bonchev–Trinajstić information content (AvgIpc) is 0. The topological polar surface area (TPSA) is 0 Å². The monoisotopic (exact) mass is 186 g/mol. The van der Waals surface area contributed by atoms with Gasteiger partial charge in [0.2, 0.25) is 0 Å². The molecule has 34 valence electrons. The first kappa shape index (κ1) is 53.9. The maximum atomic E-state index is 0. The van der Waals surface area contributed by atoms with Crippen molar-refractivity contribution in [3.63, 3.8) is 0 Å². The van der Waals surface area contributed by atoms with Crippen LogP contribution < -0.4 is 80.9 Å². The molecule has 0 aliphatic rings. The fraction of sp³-hybridized carbons (Fsp3) is 0. The van der Waals surface area contributed by atoms with E-state index in [1.807, 2.05) is 0 Å². The molecule has 0 aliphatic heterocycles. The fourth-order valence-electron chi connectivity index (χ4n) is 0. The van der Waals surface area contributed by atoms with Crippen LogP contribution in [0.15, 0.2) is 0 Å². The van der Waals surface area contributed by atoms with E-state index in [-0.39, 0.29) is 131 Å². The van der Waals surface area contributed by atoms with Gasteiger partial charge in [-0.05, 0) is 0 Å². The molecule has 0 nitrogen and oxygen atoms in total. The molecule has 0 spiro atoms. The van der Waals surface area contributed by atoms with Gasteiger partial charge in [0.05, 0.1) is 0 Å². The van der Waals surface area contributed by atoms with E-state index >= 15 is 0 Å². The molecule has 0 bridgehead atoms. The first-order chi connectivity index (χ1) is 0. The van der Waals surface area contributed by atoms with E-state index in [2.05, 4.69) is 0 Å². The van der Waals surface area contributed by atoms with Gasteiger partial charge in [-0.1, -0.05) is 0 Å². The second-order valence-corrected chi connectivity index (χ2v) is 0. The van der Waals surface area contributed by atoms with Crippen LogP contribution in [0.2, 0.25) is 0 Å². The predicted octanol–water partition coefficient (Wildman–Crippen LogP) is -5.95. The Morgan fingerprint density at radius 3 is 1.00 bits per heavy atom. The molecule has 0 saturated carbocycles. The minimum atomic E-state index is 0. The molecule has 0 radical (unpaired) electrons. The van der Waals surface area contributed by atoms with Crippen LogP contribution in [0.1, 0.15) is 2.85 Å². The van der Waals surface area contributed by atoms with Gasteiger partial charge in [0.25, 0.3) is 0 Å². The van der Waals surface area contributed by atoms with Crippen LogP contribution in [0.25, 0.3) is 0 Å².